The van der Waals surface area contributed by atoms with Crippen LogP contribution in [0.3, 0.4) is 0 Å². The van der Waals surface area contributed by atoms with E-state index in [1.165, 1.54) is 21.5 Å². The van der Waals surface area contributed by atoms with Gasteiger partial charge in [-0.25, -0.2) is 4.79 Å². The van der Waals surface area contributed by atoms with Gasteiger partial charge < -0.3 is 30.3 Å². The van der Waals surface area contributed by atoms with Gasteiger partial charge >= 0.3 is 12.2 Å². The molecule has 3 N–H and O–H groups in total. The van der Waals surface area contributed by atoms with Gasteiger partial charge in [-0.2, -0.15) is 18.3 Å². The Morgan fingerprint density at radius 2 is 1.86 bits per heavy atom. The zero-order valence-electron chi connectivity index (χ0n) is 25.0. The van der Waals surface area contributed by atoms with Crippen molar-refractivity contribution in [3.05, 3.63) is 71.0 Å². The minimum absolute atomic E-state index is 0.0197. The standard InChI is InChI=1S/C30H35F3N6O5/c1-17-14-39(19(3)16-40)28(42)22-7-6-8-23(35-27(41)24-13-18(2)36-38(24)5)26(22)44-25(17)15-37(4)29(43)34-21-11-9-20(10-12-21)30(31,32)33/h6-13,17,19,25,40H,14-16H2,1-5H3,(H,34,43)(H,35,41)/t17-,19-,25+/m1/s1. The lowest BCUT2D eigenvalue weighted by Crippen LogP contribution is -2.50. The maximum atomic E-state index is 13.7. The first-order valence-corrected chi connectivity index (χ1v) is 13.9. The Labute approximate surface area is 252 Å². The van der Waals surface area contributed by atoms with Gasteiger partial charge in [-0.05, 0) is 56.3 Å². The van der Waals surface area contributed by atoms with Crippen LogP contribution in [0.15, 0.2) is 48.5 Å². The van der Waals surface area contributed by atoms with E-state index in [9.17, 15) is 32.7 Å². The second kappa shape index (κ2) is 13.0. The highest BCUT2D eigenvalue weighted by molar-refractivity contribution is 6.06. The van der Waals surface area contributed by atoms with Crippen LogP contribution in [-0.4, -0.2) is 81.4 Å². The number of likely N-dealkylation sites (N-methyl/N-ethyl adjacent to an activating group) is 1. The molecule has 0 aliphatic carbocycles. The predicted molar refractivity (Wildman–Crippen MR) is 157 cm³/mol. The number of benzene rings is 2. The van der Waals surface area contributed by atoms with Gasteiger partial charge in [-0.1, -0.05) is 13.0 Å². The number of alkyl halides is 3. The van der Waals surface area contributed by atoms with Gasteiger partial charge in [0.15, 0.2) is 5.75 Å². The third-order valence-corrected chi connectivity index (χ3v) is 7.44. The molecule has 2 heterocycles. The third kappa shape index (κ3) is 7.13. The van der Waals surface area contributed by atoms with Crippen molar-refractivity contribution in [2.24, 2.45) is 13.0 Å². The van der Waals surface area contributed by atoms with Crippen LogP contribution in [0.4, 0.5) is 29.3 Å². The van der Waals surface area contributed by atoms with Crippen LogP contribution in [0, 0.1) is 12.8 Å². The zero-order chi connectivity index (χ0) is 32.3. The monoisotopic (exact) mass is 616 g/mol. The van der Waals surface area contributed by atoms with Crippen molar-refractivity contribution < 1.29 is 37.4 Å². The largest absolute Gasteiger partial charge is 0.485 e. The highest BCUT2D eigenvalue weighted by atomic mass is 19.4. The number of urea groups is 1. The molecule has 4 rings (SSSR count). The van der Waals surface area contributed by atoms with Crippen molar-refractivity contribution in [2.45, 2.75) is 39.1 Å². The first-order valence-electron chi connectivity index (χ1n) is 13.9. The van der Waals surface area contributed by atoms with Crippen LogP contribution in [-0.2, 0) is 13.2 Å². The minimum Gasteiger partial charge on any atom is -0.485 e. The highest BCUT2D eigenvalue weighted by Crippen LogP contribution is 2.35. The van der Waals surface area contributed by atoms with Crippen LogP contribution in [0.25, 0.3) is 0 Å². The van der Waals surface area contributed by atoms with Crippen molar-refractivity contribution in [3.8, 4) is 5.75 Å². The number of halogens is 3. The second-order valence-electron chi connectivity index (χ2n) is 10.9. The van der Waals surface area contributed by atoms with E-state index in [-0.39, 0.29) is 54.0 Å². The Hall–Kier alpha value is -4.59. The predicted octanol–water partition coefficient (Wildman–Crippen LogP) is 4.38. The summed E-state index contributed by atoms with van der Waals surface area (Å²) in [5.41, 5.74) is 0.669. The summed E-state index contributed by atoms with van der Waals surface area (Å²) in [5.74, 6) is -1.12. The maximum Gasteiger partial charge on any atom is 0.416 e. The topological polar surface area (TPSA) is 129 Å². The molecule has 3 aromatic rings. The van der Waals surface area contributed by atoms with E-state index in [4.69, 9.17) is 4.74 Å². The smallest absolute Gasteiger partial charge is 0.416 e. The summed E-state index contributed by atoms with van der Waals surface area (Å²) in [5, 5.41) is 19.5. The summed E-state index contributed by atoms with van der Waals surface area (Å²) in [6, 6.07) is 9.34. The molecule has 0 radical (unpaired) electrons. The molecule has 11 nitrogen and oxygen atoms in total. The molecule has 0 saturated heterocycles. The van der Waals surface area contributed by atoms with E-state index in [1.807, 2.05) is 6.92 Å². The Balaban J connectivity index is 1.62. The molecule has 14 heteroatoms. The molecule has 1 aliphatic rings. The molecule has 0 bridgehead atoms. The van der Waals surface area contributed by atoms with Gasteiger partial charge in [0, 0.05) is 32.2 Å². The Morgan fingerprint density at radius 3 is 2.45 bits per heavy atom. The lowest BCUT2D eigenvalue weighted by Gasteiger charge is -2.38. The third-order valence-electron chi connectivity index (χ3n) is 7.44. The molecule has 1 aliphatic heterocycles. The molecule has 3 atom stereocenters. The summed E-state index contributed by atoms with van der Waals surface area (Å²) in [6.45, 7) is 5.23. The fraction of sp³-hybridized carbons (Fsp3) is 0.400. The molecular weight excluding hydrogens is 581 g/mol. The number of anilines is 2. The van der Waals surface area contributed by atoms with Crippen LogP contribution < -0.4 is 15.4 Å². The second-order valence-corrected chi connectivity index (χ2v) is 10.9. The fourth-order valence-electron chi connectivity index (χ4n) is 4.88. The first-order chi connectivity index (χ1) is 20.7. The number of aromatic nitrogens is 2. The number of para-hydroxylation sites is 1. The molecular formula is C30H35F3N6O5. The highest BCUT2D eigenvalue weighted by Gasteiger charge is 2.35. The molecule has 44 heavy (non-hydrogen) atoms. The van der Waals surface area contributed by atoms with Crippen LogP contribution in [0.2, 0.25) is 0 Å². The van der Waals surface area contributed by atoms with E-state index in [0.29, 0.717) is 5.69 Å². The van der Waals surface area contributed by atoms with Crippen molar-refractivity contribution in [1.29, 1.82) is 0 Å². The Morgan fingerprint density at radius 1 is 1.18 bits per heavy atom. The van der Waals surface area contributed by atoms with Gasteiger partial charge in [0.05, 0.1) is 41.7 Å². The number of carbonyl (C=O) groups is 3. The average molecular weight is 617 g/mol. The molecule has 0 fully saturated rings. The van der Waals surface area contributed by atoms with Crippen LogP contribution in [0.1, 0.15) is 46.0 Å². The maximum absolute atomic E-state index is 13.7. The van der Waals surface area contributed by atoms with Crippen molar-refractivity contribution >= 4 is 29.2 Å². The van der Waals surface area contributed by atoms with E-state index >= 15 is 0 Å². The molecule has 0 saturated carbocycles. The number of hydrogen-bond acceptors (Lipinski definition) is 6. The number of nitrogens with zero attached hydrogens (tertiary/aromatic N) is 4. The number of aryl methyl sites for hydroxylation is 2. The number of ether oxygens (including phenoxy) is 1. The zero-order valence-corrected chi connectivity index (χ0v) is 25.0. The van der Waals surface area contributed by atoms with Crippen molar-refractivity contribution in [2.75, 3.05) is 37.4 Å². The van der Waals surface area contributed by atoms with E-state index in [0.717, 1.165) is 24.3 Å². The van der Waals surface area contributed by atoms with Gasteiger partial charge in [0.2, 0.25) is 0 Å². The summed E-state index contributed by atoms with van der Waals surface area (Å²) < 4.78 is 46.6. The summed E-state index contributed by atoms with van der Waals surface area (Å²) >= 11 is 0. The number of aliphatic hydroxyl groups is 1. The summed E-state index contributed by atoms with van der Waals surface area (Å²) in [7, 11) is 3.14. The number of fused-ring (bicyclic) bond motifs is 1. The molecule has 1 aromatic heterocycles. The van der Waals surface area contributed by atoms with E-state index < -0.39 is 41.7 Å². The van der Waals surface area contributed by atoms with E-state index in [1.54, 1.807) is 45.2 Å². The number of nitrogens with one attached hydrogen (secondary N) is 2. The molecule has 0 unspecified atom stereocenters. The fourth-order valence-corrected chi connectivity index (χ4v) is 4.88. The number of amides is 4. The number of rotatable bonds is 7. The quantitative estimate of drug-likeness (QED) is 0.362. The van der Waals surface area contributed by atoms with Crippen molar-refractivity contribution in [1.82, 2.24) is 19.6 Å². The van der Waals surface area contributed by atoms with Crippen LogP contribution in [0.5, 0.6) is 5.75 Å². The number of aliphatic hydroxyl groups excluding tert-OH is 1. The van der Waals surface area contributed by atoms with Crippen LogP contribution >= 0.6 is 0 Å². The number of hydrogen-bond donors (Lipinski definition) is 3. The lowest BCUT2D eigenvalue weighted by molar-refractivity contribution is -0.137. The Bertz CT molecular complexity index is 1520. The normalized spacial score (nSPS) is 17.6. The molecule has 0 spiro atoms. The number of carbonyl (C=O) groups excluding carboxylic acids is 3. The lowest BCUT2D eigenvalue weighted by atomic mass is 9.99. The Kier molecular flexibility index (Phi) is 9.52. The van der Waals surface area contributed by atoms with Gasteiger partial charge in [-0.15, -0.1) is 0 Å². The first kappa shape index (κ1) is 32.3. The molecule has 2 aromatic carbocycles. The van der Waals surface area contributed by atoms with E-state index in [2.05, 4.69) is 15.7 Å². The minimum atomic E-state index is -4.50. The van der Waals surface area contributed by atoms with Crippen molar-refractivity contribution in [3.63, 3.8) is 0 Å². The van der Waals surface area contributed by atoms with Gasteiger partial charge in [-0.3, -0.25) is 14.3 Å². The molecule has 236 valence electrons. The van der Waals surface area contributed by atoms with Gasteiger partial charge in [0.25, 0.3) is 11.8 Å². The average Bonchev–Trinajstić information content (AvgIpc) is 3.32. The SMILES string of the molecule is Cc1cc(C(=O)Nc2cccc3c2O[C@@H](CN(C)C(=O)Nc2ccc(C(F)(F)F)cc2)[C@H](C)CN([C@H](C)CO)C3=O)n(C)n1. The summed E-state index contributed by atoms with van der Waals surface area (Å²) in [6.07, 6.45) is -5.20. The van der Waals surface area contributed by atoms with Gasteiger partial charge in [0.1, 0.15) is 11.8 Å². The molecule has 4 amide bonds. The summed E-state index contributed by atoms with van der Waals surface area (Å²) in [4.78, 5) is 42.7.